The molecule has 0 saturated heterocycles. The molecular formula is C28H27ClN2O3. The van der Waals surface area contributed by atoms with Crippen molar-refractivity contribution in [1.82, 2.24) is 4.57 Å². The Morgan fingerprint density at radius 1 is 0.971 bits per heavy atom. The summed E-state index contributed by atoms with van der Waals surface area (Å²) in [7, 11) is 0. The molecule has 0 spiro atoms. The smallest absolute Gasteiger partial charge is 0.255 e. The molecule has 1 amide bonds. The quantitative estimate of drug-likeness (QED) is 0.313. The Morgan fingerprint density at radius 3 is 2.53 bits per heavy atom. The third-order valence-corrected chi connectivity index (χ3v) is 6.74. The van der Waals surface area contributed by atoms with Gasteiger partial charge in [0.05, 0.1) is 0 Å². The summed E-state index contributed by atoms with van der Waals surface area (Å²) in [4.78, 5) is 12.7. The van der Waals surface area contributed by atoms with Crippen molar-refractivity contribution >= 4 is 34.1 Å². The number of ether oxygens (including phenoxy) is 2. The van der Waals surface area contributed by atoms with Crippen LogP contribution in [-0.2, 0) is 13.0 Å². The van der Waals surface area contributed by atoms with E-state index in [2.05, 4.69) is 41.9 Å². The van der Waals surface area contributed by atoms with Gasteiger partial charge in [0.25, 0.3) is 5.91 Å². The van der Waals surface area contributed by atoms with Gasteiger partial charge in [-0.3, -0.25) is 4.79 Å². The molecule has 2 heterocycles. The zero-order valence-corrected chi connectivity index (χ0v) is 20.1. The van der Waals surface area contributed by atoms with Crippen LogP contribution in [0.1, 0.15) is 39.2 Å². The summed E-state index contributed by atoms with van der Waals surface area (Å²) in [5, 5.41) is 4.22. The van der Waals surface area contributed by atoms with Gasteiger partial charge < -0.3 is 19.4 Å². The molecule has 6 heteroatoms. The number of anilines is 1. The van der Waals surface area contributed by atoms with Crippen LogP contribution in [0, 0.1) is 13.8 Å². The van der Waals surface area contributed by atoms with Crippen LogP contribution in [0.5, 0.6) is 11.5 Å². The number of hydrogen-bond donors (Lipinski definition) is 1. The van der Waals surface area contributed by atoms with Gasteiger partial charge in [0.1, 0.15) is 0 Å². The molecule has 0 bridgehead atoms. The molecule has 1 aliphatic heterocycles. The van der Waals surface area contributed by atoms with Crippen molar-refractivity contribution in [3.63, 3.8) is 0 Å². The molecule has 1 aliphatic rings. The number of benzene rings is 3. The monoisotopic (exact) mass is 474 g/mol. The first-order chi connectivity index (χ1) is 16.5. The Balaban J connectivity index is 1.29. The van der Waals surface area contributed by atoms with E-state index in [1.165, 1.54) is 27.7 Å². The fourth-order valence-corrected chi connectivity index (χ4v) is 4.62. The van der Waals surface area contributed by atoms with E-state index >= 15 is 0 Å². The summed E-state index contributed by atoms with van der Waals surface area (Å²) < 4.78 is 13.1. The van der Waals surface area contributed by atoms with Crippen molar-refractivity contribution in [3.05, 3.63) is 88.6 Å². The van der Waals surface area contributed by atoms with Crippen molar-refractivity contribution in [2.75, 3.05) is 18.0 Å². The summed E-state index contributed by atoms with van der Waals surface area (Å²) in [5.41, 5.74) is 7.59. The molecular weight excluding hydrogens is 448 g/mol. The highest BCUT2D eigenvalue weighted by atomic mass is 35.5. The molecule has 3 aromatic carbocycles. The number of alkyl halides is 1. The number of amides is 1. The number of fused-ring (bicyclic) bond motifs is 2. The topological polar surface area (TPSA) is 52.5 Å². The molecule has 5 nitrogen and oxygen atoms in total. The second-order valence-corrected chi connectivity index (χ2v) is 9.03. The highest BCUT2D eigenvalue weighted by molar-refractivity contribution is 6.17. The van der Waals surface area contributed by atoms with E-state index in [9.17, 15) is 4.79 Å². The Hall–Kier alpha value is -3.44. The number of hydrogen-bond acceptors (Lipinski definition) is 3. The first-order valence-corrected chi connectivity index (χ1v) is 12.0. The van der Waals surface area contributed by atoms with Crippen LogP contribution < -0.4 is 14.8 Å². The van der Waals surface area contributed by atoms with E-state index in [1.54, 1.807) is 12.1 Å². The summed E-state index contributed by atoms with van der Waals surface area (Å²) in [5.74, 6) is 1.85. The lowest BCUT2D eigenvalue weighted by Crippen LogP contribution is -2.11. The van der Waals surface area contributed by atoms with E-state index in [1.807, 2.05) is 30.3 Å². The normalized spacial score (nSPS) is 12.3. The average Bonchev–Trinajstić information content (AvgIpc) is 3.41. The summed E-state index contributed by atoms with van der Waals surface area (Å²) in [6, 6.07) is 19.8. The van der Waals surface area contributed by atoms with E-state index < -0.39 is 0 Å². The zero-order valence-electron chi connectivity index (χ0n) is 19.4. The molecule has 34 heavy (non-hydrogen) atoms. The maximum absolute atomic E-state index is 12.7. The molecule has 0 aliphatic carbocycles. The van der Waals surface area contributed by atoms with Gasteiger partial charge in [-0.2, -0.15) is 0 Å². The average molecular weight is 475 g/mol. The maximum atomic E-state index is 12.7. The van der Waals surface area contributed by atoms with Crippen LogP contribution in [0.25, 0.3) is 10.9 Å². The largest absolute Gasteiger partial charge is 0.454 e. The lowest BCUT2D eigenvalue weighted by atomic mass is 10.0. The number of halogens is 1. The van der Waals surface area contributed by atoms with Gasteiger partial charge in [0.15, 0.2) is 11.5 Å². The van der Waals surface area contributed by atoms with E-state index in [0.29, 0.717) is 28.6 Å². The number of aromatic nitrogens is 1. The second kappa shape index (κ2) is 9.43. The molecule has 0 saturated carbocycles. The minimum Gasteiger partial charge on any atom is -0.454 e. The van der Waals surface area contributed by atoms with Gasteiger partial charge in [-0.25, -0.2) is 0 Å². The maximum Gasteiger partial charge on any atom is 0.255 e. The lowest BCUT2D eigenvalue weighted by Gasteiger charge is -2.09. The number of nitrogens with zero attached hydrogens (tertiary/aromatic N) is 1. The minimum atomic E-state index is -0.156. The number of carbonyl (C=O) groups is 1. The standard InChI is InChI=1S/C28H27ClN2O3/c1-18-19(2)31(13-3-12-29)25-10-6-21(15-24(18)25)14-20-4-7-22(8-5-20)28(32)30-23-9-11-26-27(16-23)34-17-33-26/h4-11,15-16H,3,12-14,17H2,1-2H3,(H,30,32). The van der Waals surface area contributed by atoms with Gasteiger partial charge in [0, 0.05) is 46.3 Å². The molecule has 0 radical (unpaired) electrons. The van der Waals surface area contributed by atoms with Crippen LogP contribution in [0.4, 0.5) is 5.69 Å². The SMILES string of the molecule is Cc1c(C)n(CCCCl)c2ccc(Cc3ccc(C(=O)Nc4ccc5c(c4)OCO5)cc3)cc12. The first-order valence-electron chi connectivity index (χ1n) is 11.5. The van der Waals surface area contributed by atoms with Gasteiger partial charge in [-0.05, 0) is 79.8 Å². The molecule has 1 aromatic heterocycles. The highest BCUT2D eigenvalue weighted by Crippen LogP contribution is 2.34. The molecule has 5 rings (SSSR count). The first kappa shape index (κ1) is 22.4. The van der Waals surface area contributed by atoms with Crippen molar-refractivity contribution in [2.45, 2.75) is 33.2 Å². The fourth-order valence-electron chi connectivity index (χ4n) is 4.50. The predicted octanol–water partition coefficient (Wildman–Crippen LogP) is 6.46. The van der Waals surface area contributed by atoms with Crippen molar-refractivity contribution in [2.24, 2.45) is 0 Å². The van der Waals surface area contributed by atoms with E-state index in [-0.39, 0.29) is 12.7 Å². The number of carbonyl (C=O) groups excluding carboxylic acids is 1. The third-order valence-electron chi connectivity index (χ3n) is 6.47. The van der Waals surface area contributed by atoms with Crippen molar-refractivity contribution < 1.29 is 14.3 Å². The van der Waals surface area contributed by atoms with Crippen LogP contribution in [0.3, 0.4) is 0 Å². The number of rotatable bonds is 7. The summed E-state index contributed by atoms with van der Waals surface area (Å²) in [6.07, 6.45) is 1.77. The number of aryl methyl sites for hydroxylation is 2. The van der Waals surface area contributed by atoms with Crippen molar-refractivity contribution in [3.8, 4) is 11.5 Å². The molecule has 174 valence electrons. The molecule has 0 unspecified atom stereocenters. The van der Waals surface area contributed by atoms with Gasteiger partial charge in [-0.15, -0.1) is 11.6 Å². The Labute approximate surface area is 204 Å². The van der Waals surface area contributed by atoms with E-state index in [0.717, 1.165) is 24.9 Å². The molecule has 1 N–H and O–H groups in total. The van der Waals surface area contributed by atoms with Crippen LogP contribution in [-0.4, -0.2) is 23.1 Å². The fraction of sp³-hybridized carbons (Fsp3) is 0.250. The van der Waals surface area contributed by atoms with Gasteiger partial charge in [0.2, 0.25) is 6.79 Å². The van der Waals surface area contributed by atoms with Crippen molar-refractivity contribution in [1.29, 1.82) is 0 Å². The van der Waals surface area contributed by atoms with Gasteiger partial charge >= 0.3 is 0 Å². The molecule has 0 atom stereocenters. The zero-order chi connectivity index (χ0) is 23.7. The Bertz CT molecular complexity index is 1360. The van der Waals surface area contributed by atoms with E-state index in [4.69, 9.17) is 21.1 Å². The van der Waals surface area contributed by atoms with Crippen LogP contribution in [0.2, 0.25) is 0 Å². The Morgan fingerprint density at radius 2 is 1.74 bits per heavy atom. The molecule has 0 fully saturated rings. The summed E-state index contributed by atoms with van der Waals surface area (Å²) in [6.45, 7) is 5.51. The summed E-state index contributed by atoms with van der Waals surface area (Å²) >= 11 is 5.92. The van der Waals surface area contributed by atoms with Crippen LogP contribution in [0.15, 0.2) is 60.7 Å². The van der Waals surface area contributed by atoms with Crippen LogP contribution >= 0.6 is 11.6 Å². The third kappa shape index (κ3) is 4.36. The molecule has 4 aromatic rings. The minimum absolute atomic E-state index is 0.156. The van der Waals surface area contributed by atoms with Gasteiger partial charge in [-0.1, -0.05) is 18.2 Å². The highest BCUT2D eigenvalue weighted by Gasteiger charge is 2.15. The second-order valence-electron chi connectivity index (χ2n) is 8.65. The lowest BCUT2D eigenvalue weighted by molar-refractivity contribution is 0.102. The predicted molar refractivity (Wildman–Crippen MR) is 137 cm³/mol. The number of nitrogens with one attached hydrogen (secondary N) is 1. The Kier molecular flexibility index (Phi) is 6.20.